The number of fused-ring (bicyclic) bond motifs is 2. The summed E-state index contributed by atoms with van der Waals surface area (Å²) in [6, 6.07) is 59.5. The Kier molecular flexibility index (Phi) is 7.70. The Balaban J connectivity index is 1.03. The predicted molar refractivity (Wildman–Crippen MR) is 211 cm³/mol. The largest absolute Gasteiger partial charge is 0.310 e. The minimum Gasteiger partial charge on any atom is -0.310 e. The van der Waals surface area contributed by atoms with Gasteiger partial charge in [0.2, 0.25) is 0 Å². The van der Waals surface area contributed by atoms with E-state index in [0.29, 0.717) is 0 Å². The molecule has 0 aliphatic heterocycles. The van der Waals surface area contributed by atoms with E-state index in [1.807, 2.05) is 0 Å². The van der Waals surface area contributed by atoms with E-state index in [9.17, 15) is 0 Å². The monoisotopic (exact) mass is 684 g/mol. The molecule has 49 heavy (non-hydrogen) atoms. The van der Waals surface area contributed by atoms with E-state index >= 15 is 0 Å². The highest BCUT2D eigenvalue weighted by molar-refractivity contribution is 7.29. The fourth-order valence-corrected chi connectivity index (χ4v) is 9.20. The number of hydrogen-bond acceptors (Lipinski definition) is 7. The highest BCUT2D eigenvalue weighted by atomic mass is 32.1. The number of benzene rings is 6. The van der Waals surface area contributed by atoms with Gasteiger partial charge in [0.15, 0.2) is 0 Å². The number of nitrogens with zero attached hydrogens (tertiary/aromatic N) is 4. The van der Waals surface area contributed by atoms with Gasteiger partial charge in [0.05, 0.1) is 30.2 Å². The van der Waals surface area contributed by atoms with Crippen LogP contribution in [0.2, 0.25) is 0 Å². The first kappa shape index (κ1) is 29.5. The molecule has 9 rings (SSSR count). The van der Waals surface area contributed by atoms with Crippen molar-refractivity contribution in [2.45, 2.75) is 0 Å². The molecule has 0 radical (unpaired) electrons. The van der Waals surface area contributed by atoms with Gasteiger partial charge >= 0.3 is 0 Å². The van der Waals surface area contributed by atoms with Crippen molar-refractivity contribution in [3.63, 3.8) is 0 Å². The molecule has 7 heteroatoms. The zero-order valence-corrected chi connectivity index (χ0v) is 28.6. The molecule has 0 aliphatic carbocycles. The average molecular weight is 685 g/mol. The number of anilines is 6. The summed E-state index contributed by atoms with van der Waals surface area (Å²) in [4.78, 5) is 17.0. The van der Waals surface area contributed by atoms with Crippen molar-refractivity contribution >= 4 is 88.6 Å². The molecule has 0 aliphatic rings. The highest BCUT2D eigenvalue weighted by Crippen LogP contribution is 2.43. The van der Waals surface area contributed by atoms with Crippen LogP contribution in [0.15, 0.2) is 170 Å². The summed E-state index contributed by atoms with van der Waals surface area (Å²) in [7, 11) is 0. The van der Waals surface area contributed by atoms with Gasteiger partial charge in [0.25, 0.3) is 0 Å². The van der Waals surface area contributed by atoms with Crippen LogP contribution in [0.1, 0.15) is 0 Å². The topological polar surface area (TPSA) is 32.3 Å². The van der Waals surface area contributed by atoms with Crippen LogP contribution in [-0.2, 0) is 0 Å². The van der Waals surface area contributed by atoms with Gasteiger partial charge in [-0.3, -0.25) is 0 Å². The molecule has 0 fully saturated rings. The van der Waals surface area contributed by atoms with Gasteiger partial charge in [-0.1, -0.05) is 72.8 Å². The van der Waals surface area contributed by atoms with E-state index in [1.165, 1.54) is 0 Å². The van der Waals surface area contributed by atoms with Crippen LogP contribution in [-0.4, -0.2) is 9.97 Å². The van der Waals surface area contributed by atoms with E-state index in [0.717, 1.165) is 74.3 Å². The smallest absolute Gasteiger partial charge is 0.134 e. The summed E-state index contributed by atoms with van der Waals surface area (Å²) < 4.78 is 2.32. The van der Waals surface area contributed by atoms with Crippen molar-refractivity contribution in [1.82, 2.24) is 9.97 Å². The second-order valence-electron chi connectivity index (χ2n) is 11.5. The first-order valence-corrected chi connectivity index (χ1v) is 18.4. The molecular weight excluding hydrogens is 657 g/mol. The molecule has 9 aromatic rings. The lowest BCUT2D eigenvalue weighted by Crippen LogP contribution is -2.09. The Morgan fingerprint density at radius 2 is 0.673 bits per heavy atom. The van der Waals surface area contributed by atoms with Gasteiger partial charge < -0.3 is 9.80 Å². The summed E-state index contributed by atoms with van der Waals surface area (Å²) in [5.74, 6) is 0. The van der Waals surface area contributed by atoms with Gasteiger partial charge in [-0.25, -0.2) is 9.97 Å². The van der Waals surface area contributed by atoms with Crippen molar-refractivity contribution in [3.8, 4) is 19.8 Å². The maximum atomic E-state index is 5.06. The van der Waals surface area contributed by atoms with Crippen LogP contribution in [0.5, 0.6) is 0 Å². The molecule has 3 heterocycles. The Morgan fingerprint density at radius 3 is 1.02 bits per heavy atom. The quantitative estimate of drug-likeness (QED) is 0.159. The number of thiophene rings is 1. The van der Waals surface area contributed by atoms with E-state index in [4.69, 9.17) is 9.97 Å². The third-order valence-corrected chi connectivity index (χ3v) is 11.8. The summed E-state index contributed by atoms with van der Waals surface area (Å²) in [6.45, 7) is 0. The maximum Gasteiger partial charge on any atom is 0.134 e. The van der Waals surface area contributed by atoms with Gasteiger partial charge in [-0.05, 0) is 97.1 Å². The first-order valence-electron chi connectivity index (χ1n) is 16.0. The van der Waals surface area contributed by atoms with E-state index in [-0.39, 0.29) is 0 Å². The molecule has 0 bridgehead atoms. The predicted octanol–water partition coefficient (Wildman–Crippen LogP) is 13.2. The molecule has 0 N–H and O–H groups in total. The Labute approximate surface area is 296 Å². The molecule has 3 aromatic heterocycles. The second kappa shape index (κ2) is 12.8. The summed E-state index contributed by atoms with van der Waals surface area (Å²) >= 11 is 5.23. The van der Waals surface area contributed by atoms with E-state index in [2.05, 4.69) is 180 Å². The van der Waals surface area contributed by atoms with Gasteiger partial charge in [0, 0.05) is 34.1 Å². The van der Waals surface area contributed by atoms with Crippen LogP contribution in [0.25, 0.3) is 40.2 Å². The van der Waals surface area contributed by atoms with E-state index in [1.54, 1.807) is 34.0 Å². The molecule has 0 atom stereocenters. The summed E-state index contributed by atoms with van der Waals surface area (Å²) in [6.07, 6.45) is 0. The van der Waals surface area contributed by atoms with Crippen molar-refractivity contribution < 1.29 is 0 Å². The fraction of sp³-hybridized carbons (Fsp3) is 0. The van der Waals surface area contributed by atoms with Crippen LogP contribution < -0.4 is 9.80 Å². The molecule has 0 unspecified atom stereocenters. The standard InChI is InChI=1S/C42H28N4S3/c1-5-13-29(14-6-1)45(30-15-7-2-8-16-30)33-21-23-35-39(27-33)48-41(43-35)37-25-26-38(47-37)42-44-36-24-22-34(28-40(36)49-42)46(31-17-9-3-10-18-31)32-19-11-4-12-20-32/h1-28H. The third kappa shape index (κ3) is 5.78. The number of para-hydroxylation sites is 4. The van der Waals surface area contributed by atoms with E-state index < -0.39 is 0 Å². The SMILES string of the molecule is c1ccc(N(c2ccccc2)c2ccc3nc(-c4ccc(-c5nc6ccc(N(c7ccccc7)c7ccccc7)cc6s5)s4)sc3c2)cc1. The molecular formula is C42H28N4S3. The zero-order valence-electron chi connectivity index (χ0n) is 26.2. The second-order valence-corrected chi connectivity index (χ2v) is 14.7. The van der Waals surface area contributed by atoms with Crippen molar-refractivity contribution in [2.75, 3.05) is 9.80 Å². The van der Waals surface area contributed by atoms with Crippen LogP contribution in [0.3, 0.4) is 0 Å². The minimum absolute atomic E-state index is 1.01. The number of hydrogen-bond donors (Lipinski definition) is 0. The first-order chi connectivity index (χ1) is 24.3. The molecule has 0 saturated heterocycles. The fourth-order valence-electron chi connectivity index (χ4n) is 6.09. The lowest BCUT2D eigenvalue weighted by Gasteiger charge is -2.25. The van der Waals surface area contributed by atoms with Gasteiger partial charge in [-0.15, -0.1) is 34.0 Å². The molecule has 6 aromatic carbocycles. The van der Waals surface area contributed by atoms with Gasteiger partial charge in [0.1, 0.15) is 10.0 Å². The lowest BCUT2D eigenvalue weighted by molar-refractivity contribution is 1.29. The Bertz CT molecular complexity index is 2250. The number of rotatable bonds is 8. The Hall–Kier alpha value is -5.60. The molecule has 0 amide bonds. The third-order valence-electron chi connectivity index (χ3n) is 8.35. The molecule has 234 valence electrons. The normalized spacial score (nSPS) is 11.3. The van der Waals surface area contributed by atoms with Crippen LogP contribution in [0.4, 0.5) is 34.1 Å². The summed E-state index contributed by atoms with van der Waals surface area (Å²) in [5.41, 5.74) is 8.72. The lowest BCUT2D eigenvalue weighted by atomic mass is 10.2. The molecule has 0 spiro atoms. The van der Waals surface area contributed by atoms with Crippen molar-refractivity contribution in [1.29, 1.82) is 0 Å². The maximum absolute atomic E-state index is 5.06. The zero-order chi connectivity index (χ0) is 32.6. The van der Waals surface area contributed by atoms with Gasteiger partial charge in [-0.2, -0.15) is 0 Å². The van der Waals surface area contributed by atoms with Crippen LogP contribution >= 0.6 is 34.0 Å². The highest BCUT2D eigenvalue weighted by Gasteiger charge is 2.18. The summed E-state index contributed by atoms with van der Waals surface area (Å²) in [5, 5.41) is 2.05. The van der Waals surface area contributed by atoms with Crippen LogP contribution in [0, 0.1) is 0 Å². The number of thiazole rings is 2. The van der Waals surface area contributed by atoms with Crippen molar-refractivity contribution in [3.05, 3.63) is 170 Å². The van der Waals surface area contributed by atoms with Crippen molar-refractivity contribution in [2.24, 2.45) is 0 Å². The number of aromatic nitrogens is 2. The molecule has 4 nitrogen and oxygen atoms in total. The minimum atomic E-state index is 1.01. The Morgan fingerprint density at radius 1 is 0.327 bits per heavy atom. The average Bonchev–Trinajstić information content (AvgIpc) is 3.92. The molecule has 0 saturated carbocycles.